The van der Waals surface area contributed by atoms with Crippen molar-refractivity contribution in [2.75, 3.05) is 14.2 Å². The second kappa shape index (κ2) is 14.4. The quantitative estimate of drug-likeness (QED) is 0.176. The van der Waals surface area contributed by atoms with Crippen LogP contribution in [0.1, 0.15) is 43.2 Å². The van der Waals surface area contributed by atoms with E-state index in [4.69, 9.17) is 18.9 Å². The van der Waals surface area contributed by atoms with Crippen LogP contribution in [0.4, 0.5) is 0 Å². The maximum absolute atomic E-state index is 12.0. The van der Waals surface area contributed by atoms with E-state index in [0.29, 0.717) is 32.3 Å². The minimum Gasteiger partial charge on any atom is -0.497 e. The first-order valence-corrected chi connectivity index (χ1v) is 12.4. The van der Waals surface area contributed by atoms with Crippen LogP contribution in [0.5, 0.6) is 11.5 Å². The van der Waals surface area contributed by atoms with Gasteiger partial charge >= 0.3 is 5.97 Å². The molecule has 0 amide bonds. The molecule has 1 aliphatic rings. The van der Waals surface area contributed by atoms with Gasteiger partial charge in [-0.2, -0.15) is 0 Å². The number of methoxy groups -OCH3 is 2. The Morgan fingerprint density at radius 2 is 1.56 bits per heavy atom. The molecule has 7 heteroatoms. The number of benzene rings is 2. The smallest absolute Gasteiger partial charge is 0.306 e. The van der Waals surface area contributed by atoms with E-state index in [2.05, 4.69) is 0 Å². The molecule has 1 N–H and O–H groups in total. The molecule has 1 aliphatic carbocycles. The summed E-state index contributed by atoms with van der Waals surface area (Å²) in [6.45, 7) is 0.621. The molecule has 3 rings (SSSR count). The zero-order valence-electron chi connectivity index (χ0n) is 21.0. The van der Waals surface area contributed by atoms with Crippen molar-refractivity contribution < 1.29 is 33.6 Å². The molecule has 7 nitrogen and oxygen atoms in total. The fourth-order valence-corrected chi connectivity index (χ4v) is 4.40. The summed E-state index contributed by atoms with van der Waals surface area (Å²) in [6, 6.07) is 15.0. The van der Waals surface area contributed by atoms with Gasteiger partial charge in [0.2, 0.25) is 0 Å². The molecule has 0 aliphatic heterocycles. The zero-order valence-corrected chi connectivity index (χ0v) is 21.0. The molecular weight excluding hydrogens is 460 g/mol. The molecule has 0 aromatic heterocycles. The van der Waals surface area contributed by atoms with Crippen LogP contribution in [0.2, 0.25) is 0 Å². The van der Waals surface area contributed by atoms with Crippen molar-refractivity contribution in [3.8, 4) is 11.5 Å². The van der Waals surface area contributed by atoms with E-state index in [-0.39, 0.29) is 30.5 Å². The van der Waals surface area contributed by atoms with Gasteiger partial charge < -0.3 is 28.8 Å². The third-order valence-electron chi connectivity index (χ3n) is 6.56. The Balaban J connectivity index is 1.34. The van der Waals surface area contributed by atoms with Crippen molar-refractivity contribution >= 4 is 12.3 Å². The first-order valence-electron chi connectivity index (χ1n) is 12.4. The number of carbonyl (C=O) groups excluding carboxylic acids is 2. The van der Waals surface area contributed by atoms with Crippen LogP contribution in [0.15, 0.2) is 60.7 Å². The van der Waals surface area contributed by atoms with Gasteiger partial charge in [0.15, 0.2) is 0 Å². The lowest BCUT2D eigenvalue weighted by molar-refractivity contribution is -0.145. The molecule has 1 saturated carbocycles. The third-order valence-corrected chi connectivity index (χ3v) is 6.56. The van der Waals surface area contributed by atoms with Gasteiger partial charge in [0.1, 0.15) is 24.4 Å². The van der Waals surface area contributed by atoms with Gasteiger partial charge in [0.25, 0.3) is 0 Å². The van der Waals surface area contributed by atoms with Gasteiger partial charge in [-0.25, -0.2) is 0 Å². The Morgan fingerprint density at radius 3 is 2.14 bits per heavy atom. The molecule has 4 atom stereocenters. The highest BCUT2D eigenvalue weighted by Gasteiger charge is 2.42. The summed E-state index contributed by atoms with van der Waals surface area (Å²) in [4.78, 5) is 23.8. The van der Waals surface area contributed by atoms with E-state index in [9.17, 15) is 14.7 Å². The van der Waals surface area contributed by atoms with Gasteiger partial charge in [-0.05, 0) is 54.7 Å². The lowest BCUT2D eigenvalue weighted by Gasteiger charge is -2.19. The van der Waals surface area contributed by atoms with Crippen molar-refractivity contribution in [2.24, 2.45) is 11.8 Å². The van der Waals surface area contributed by atoms with Crippen molar-refractivity contribution in [3.05, 3.63) is 71.8 Å². The standard InChI is InChI=1S/C29H36O7/c1-33-23-13-9-21(10-14-23)19-35-28-17-27(31)25(26(28)18-30)7-5-3-4-6-8-29(32)36-20-22-11-15-24(34-2)16-12-22/h3,5,9-16,18,25-28,31H,4,6-8,17,19-20H2,1-2H3/b5-3-/t25-,26-,27+,28-/m1/s1. The number of rotatable bonds is 14. The molecule has 1 fully saturated rings. The number of aliphatic hydroxyl groups excluding tert-OH is 1. The van der Waals surface area contributed by atoms with Crippen LogP contribution in [-0.2, 0) is 32.3 Å². The summed E-state index contributed by atoms with van der Waals surface area (Å²) in [6.07, 6.45) is 6.77. The van der Waals surface area contributed by atoms with Gasteiger partial charge in [-0.15, -0.1) is 0 Å². The van der Waals surface area contributed by atoms with Gasteiger partial charge in [-0.1, -0.05) is 36.4 Å². The highest BCUT2D eigenvalue weighted by molar-refractivity contribution is 5.69. The predicted molar refractivity (Wildman–Crippen MR) is 136 cm³/mol. The van der Waals surface area contributed by atoms with E-state index < -0.39 is 6.10 Å². The van der Waals surface area contributed by atoms with Gasteiger partial charge in [0, 0.05) is 24.7 Å². The summed E-state index contributed by atoms with van der Waals surface area (Å²) in [7, 11) is 3.23. The highest BCUT2D eigenvalue weighted by atomic mass is 16.5. The number of hydrogen-bond donors (Lipinski definition) is 1. The highest BCUT2D eigenvalue weighted by Crippen LogP contribution is 2.36. The zero-order chi connectivity index (χ0) is 25.8. The molecule has 0 heterocycles. The topological polar surface area (TPSA) is 91.3 Å². The minimum atomic E-state index is -0.585. The predicted octanol–water partition coefficient (Wildman–Crippen LogP) is 4.64. The second-order valence-electron chi connectivity index (χ2n) is 8.99. The molecule has 0 saturated heterocycles. The molecule has 0 bridgehead atoms. The molecular formula is C29H36O7. The largest absolute Gasteiger partial charge is 0.497 e. The second-order valence-corrected chi connectivity index (χ2v) is 8.99. The SMILES string of the molecule is COc1ccc(COC(=O)CCC/C=C\C[C@@H]2[C@@H](C=O)[C@H](OCc3ccc(OC)cc3)C[C@@H]2O)cc1. The Bertz CT molecular complexity index is 968. The number of hydrogen-bond acceptors (Lipinski definition) is 7. The average Bonchev–Trinajstić information content (AvgIpc) is 3.22. The number of unbranched alkanes of at least 4 members (excludes halogenated alkanes) is 1. The summed E-state index contributed by atoms with van der Waals surface area (Å²) in [5, 5.41) is 10.5. The number of ether oxygens (including phenoxy) is 4. The molecule has 0 radical (unpaired) electrons. The number of allylic oxidation sites excluding steroid dienone is 2. The first-order chi connectivity index (χ1) is 17.5. The monoisotopic (exact) mass is 496 g/mol. The lowest BCUT2D eigenvalue weighted by Crippen LogP contribution is -2.24. The summed E-state index contributed by atoms with van der Waals surface area (Å²) in [5.74, 6) is 0.782. The van der Waals surface area contributed by atoms with E-state index in [1.807, 2.05) is 60.7 Å². The Labute approximate surface area is 213 Å². The maximum atomic E-state index is 12.0. The van der Waals surface area contributed by atoms with Crippen LogP contribution < -0.4 is 9.47 Å². The summed E-state index contributed by atoms with van der Waals surface area (Å²) < 4.78 is 21.6. The van der Waals surface area contributed by atoms with Crippen LogP contribution >= 0.6 is 0 Å². The Kier molecular flexibility index (Phi) is 11.0. The molecule has 2 aromatic carbocycles. The fourth-order valence-electron chi connectivity index (χ4n) is 4.40. The summed E-state index contributed by atoms with van der Waals surface area (Å²) >= 11 is 0. The van der Waals surface area contributed by atoms with Crippen LogP contribution in [0.25, 0.3) is 0 Å². The maximum Gasteiger partial charge on any atom is 0.306 e. The molecule has 194 valence electrons. The van der Waals surface area contributed by atoms with Crippen LogP contribution in [0.3, 0.4) is 0 Å². The normalized spacial score (nSPS) is 21.4. The Morgan fingerprint density at radius 1 is 0.944 bits per heavy atom. The summed E-state index contributed by atoms with van der Waals surface area (Å²) in [5.41, 5.74) is 1.90. The van der Waals surface area contributed by atoms with Crippen molar-refractivity contribution in [1.82, 2.24) is 0 Å². The van der Waals surface area contributed by atoms with Crippen LogP contribution in [0, 0.1) is 11.8 Å². The van der Waals surface area contributed by atoms with Crippen molar-refractivity contribution in [1.29, 1.82) is 0 Å². The first kappa shape index (κ1) is 27.4. The number of aldehydes is 1. The minimum absolute atomic E-state index is 0.172. The van der Waals surface area contributed by atoms with E-state index in [1.165, 1.54) is 0 Å². The molecule has 2 aromatic rings. The van der Waals surface area contributed by atoms with Crippen LogP contribution in [-0.4, -0.2) is 43.8 Å². The van der Waals surface area contributed by atoms with E-state index in [0.717, 1.165) is 35.3 Å². The molecule has 0 unspecified atom stereocenters. The van der Waals surface area contributed by atoms with Crippen molar-refractivity contribution in [3.63, 3.8) is 0 Å². The fraction of sp³-hybridized carbons (Fsp3) is 0.448. The molecule has 0 spiro atoms. The number of carbonyl (C=O) groups is 2. The number of esters is 1. The van der Waals surface area contributed by atoms with Crippen molar-refractivity contribution in [2.45, 2.75) is 57.5 Å². The van der Waals surface area contributed by atoms with Gasteiger partial charge in [-0.3, -0.25) is 4.79 Å². The Hall–Kier alpha value is -3.16. The van der Waals surface area contributed by atoms with E-state index >= 15 is 0 Å². The van der Waals surface area contributed by atoms with Gasteiger partial charge in [0.05, 0.1) is 33.0 Å². The van der Waals surface area contributed by atoms with E-state index in [1.54, 1.807) is 14.2 Å². The average molecular weight is 497 g/mol. The third kappa shape index (κ3) is 8.21. The number of aliphatic hydroxyl groups is 1. The molecule has 36 heavy (non-hydrogen) atoms. The lowest BCUT2D eigenvalue weighted by atomic mass is 9.91.